The normalized spacial score (nSPS) is 15.8. The summed E-state index contributed by atoms with van der Waals surface area (Å²) >= 11 is 0. The summed E-state index contributed by atoms with van der Waals surface area (Å²) in [5, 5.41) is 3.06. The van der Waals surface area contributed by atoms with Gasteiger partial charge in [0.2, 0.25) is 5.91 Å². The van der Waals surface area contributed by atoms with Gasteiger partial charge in [-0.1, -0.05) is 36.4 Å². The number of nitrogens with one attached hydrogen (secondary N) is 1. The van der Waals surface area contributed by atoms with Gasteiger partial charge in [0.1, 0.15) is 5.52 Å². The third kappa shape index (κ3) is 4.80. The smallest absolute Gasteiger partial charge is 0.295 e. The molecule has 3 heterocycles. The maximum atomic E-state index is 13.6. The lowest BCUT2D eigenvalue weighted by atomic mass is 9.97. The van der Waals surface area contributed by atoms with E-state index in [1.165, 1.54) is 5.56 Å². The van der Waals surface area contributed by atoms with E-state index in [0.717, 1.165) is 29.7 Å². The Morgan fingerprint density at radius 2 is 1.89 bits per heavy atom. The summed E-state index contributed by atoms with van der Waals surface area (Å²) in [6.07, 6.45) is 3.27. The molecule has 178 valence electrons. The number of pyridine rings is 1. The maximum Gasteiger partial charge on any atom is 0.295 e. The van der Waals surface area contributed by atoms with Crippen molar-refractivity contribution in [2.24, 2.45) is 5.92 Å². The molecule has 2 aromatic heterocycles. The van der Waals surface area contributed by atoms with E-state index in [9.17, 15) is 9.59 Å². The van der Waals surface area contributed by atoms with Crippen molar-refractivity contribution in [3.05, 3.63) is 93.9 Å². The first kappa shape index (κ1) is 22.8. The quantitative estimate of drug-likeness (QED) is 0.473. The minimum atomic E-state index is -0.223. The van der Waals surface area contributed by atoms with Gasteiger partial charge < -0.3 is 10.2 Å². The highest BCUT2D eigenvalue weighted by Crippen LogP contribution is 2.23. The van der Waals surface area contributed by atoms with Crippen LogP contribution in [0.5, 0.6) is 0 Å². The summed E-state index contributed by atoms with van der Waals surface area (Å²) in [6.45, 7) is 5.64. The van der Waals surface area contributed by atoms with E-state index in [1.54, 1.807) is 10.8 Å². The highest BCUT2D eigenvalue weighted by Gasteiger charge is 2.29. The first-order valence-corrected chi connectivity index (χ1v) is 12.0. The number of anilines is 2. The van der Waals surface area contributed by atoms with Crippen LogP contribution in [0.4, 0.5) is 11.5 Å². The Hall–Kier alpha value is -4.00. The number of piperidine rings is 1. The van der Waals surface area contributed by atoms with Crippen LogP contribution in [0, 0.1) is 19.8 Å². The van der Waals surface area contributed by atoms with E-state index >= 15 is 0 Å². The van der Waals surface area contributed by atoms with Gasteiger partial charge in [-0.05, 0) is 67.6 Å². The van der Waals surface area contributed by atoms with Crippen LogP contribution >= 0.6 is 0 Å². The number of aromatic nitrogens is 3. The van der Waals surface area contributed by atoms with Crippen molar-refractivity contribution < 1.29 is 4.79 Å². The third-order valence-corrected chi connectivity index (χ3v) is 6.73. The molecule has 4 aromatic rings. The van der Waals surface area contributed by atoms with Crippen LogP contribution in [-0.4, -0.2) is 33.5 Å². The van der Waals surface area contributed by atoms with Crippen molar-refractivity contribution in [1.82, 2.24) is 14.5 Å². The minimum absolute atomic E-state index is 0.0231. The Morgan fingerprint density at radius 3 is 2.69 bits per heavy atom. The number of carbonyl (C=O) groups is 1. The summed E-state index contributed by atoms with van der Waals surface area (Å²) < 4.78 is 1.69. The summed E-state index contributed by atoms with van der Waals surface area (Å²) in [6, 6.07) is 19.5. The molecule has 0 bridgehead atoms. The average molecular weight is 468 g/mol. The Labute approximate surface area is 204 Å². The number of hydrogen-bond acceptors (Lipinski definition) is 5. The van der Waals surface area contributed by atoms with Crippen molar-refractivity contribution in [3.8, 4) is 0 Å². The van der Waals surface area contributed by atoms with Crippen molar-refractivity contribution in [2.75, 3.05) is 23.3 Å². The number of fused-ring (bicyclic) bond motifs is 1. The van der Waals surface area contributed by atoms with Crippen LogP contribution in [0.3, 0.4) is 0 Å². The molecule has 1 aliphatic rings. The van der Waals surface area contributed by atoms with Crippen molar-refractivity contribution >= 4 is 28.6 Å². The Balaban J connectivity index is 1.43. The highest BCUT2D eigenvalue weighted by atomic mass is 16.2. The number of aryl methyl sites for hydroxylation is 2. The van der Waals surface area contributed by atoms with Crippen molar-refractivity contribution in [3.63, 3.8) is 0 Å². The molecule has 0 saturated carbocycles. The molecule has 5 rings (SSSR count). The number of nitrogens with zero attached hydrogens (tertiary/aromatic N) is 4. The van der Waals surface area contributed by atoms with Gasteiger partial charge in [-0.2, -0.15) is 0 Å². The standard InChI is InChI=1S/C28H29N5O2/c1-19-12-13-23(16-20(19)2)30-27(34)22-10-7-15-32(18-22)26-28(35)33(17-21-8-4-3-5-9-21)25-24(31-26)11-6-14-29-25/h3-6,8-9,11-14,16,22H,7,10,15,17-18H2,1-2H3,(H,30,34)/t22-/m1/s1. The van der Waals surface area contributed by atoms with Crippen LogP contribution in [0.2, 0.25) is 0 Å². The second-order valence-corrected chi connectivity index (χ2v) is 9.23. The molecule has 1 N–H and O–H groups in total. The summed E-state index contributed by atoms with van der Waals surface area (Å²) in [5.74, 6) is 0.133. The van der Waals surface area contributed by atoms with Crippen molar-refractivity contribution in [1.29, 1.82) is 0 Å². The molecule has 0 aliphatic carbocycles. The lowest BCUT2D eigenvalue weighted by Crippen LogP contribution is -2.44. The zero-order chi connectivity index (χ0) is 24.4. The van der Waals surface area contributed by atoms with E-state index in [4.69, 9.17) is 4.98 Å². The van der Waals surface area contributed by atoms with Crippen LogP contribution in [0.1, 0.15) is 29.5 Å². The number of rotatable bonds is 5. The van der Waals surface area contributed by atoms with Gasteiger partial charge in [0.05, 0.1) is 12.5 Å². The van der Waals surface area contributed by atoms with E-state index < -0.39 is 0 Å². The highest BCUT2D eigenvalue weighted by molar-refractivity contribution is 5.93. The van der Waals surface area contributed by atoms with E-state index in [1.807, 2.05) is 72.5 Å². The lowest BCUT2D eigenvalue weighted by molar-refractivity contribution is -0.120. The largest absolute Gasteiger partial charge is 0.351 e. The van der Waals surface area contributed by atoms with Gasteiger partial charge in [0.15, 0.2) is 11.5 Å². The van der Waals surface area contributed by atoms with Crippen LogP contribution in [0.25, 0.3) is 11.2 Å². The van der Waals surface area contributed by atoms with Crippen LogP contribution in [0.15, 0.2) is 71.7 Å². The van der Waals surface area contributed by atoms with Gasteiger partial charge >= 0.3 is 0 Å². The maximum absolute atomic E-state index is 13.6. The second kappa shape index (κ2) is 9.70. The molecular weight excluding hydrogens is 438 g/mol. The predicted octanol–water partition coefficient (Wildman–Crippen LogP) is 4.31. The lowest BCUT2D eigenvalue weighted by Gasteiger charge is -2.32. The molecule has 35 heavy (non-hydrogen) atoms. The summed E-state index contributed by atoms with van der Waals surface area (Å²) in [7, 11) is 0. The van der Waals surface area contributed by atoms with Gasteiger partial charge in [-0.25, -0.2) is 9.97 Å². The van der Waals surface area contributed by atoms with E-state index in [2.05, 4.69) is 17.2 Å². The molecule has 1 atom stereocenters. The molecule has 0 unspecified atom stereocenters. The topological polar surface area (TPSA) is 80.1 Å². The fourth-order valence-electron chi connectivity index (χ4n) is 4.63. The average Bonchev–Trinajstić information content (AvgIpc) is 2.88. The fourth-order valence-corrected chi connectivity index (χ4v) is 4.63. The van der Waals surface area contributed by atoms with Crippen LogP contribution < -0.4 is 15.8 Å². The molecule has 1 amide bonds. The predicted molar refractivity (Wildman–Crippen MR) is 139 cm³/mol. The number of hydrogen-bond donors (Lipinski definition) is 1. The SMILES string of the molecule is Cc1ccc(NC(=O)[C@@H]2CCCN(c3nc4cccnc4n(Cc4ccccc4)c3=O)C2)cc1C. The molecule has 7 heteroatoms. The van der Waals surface area contributed by atoms with E-state index in [0.29, 0.717) is 36.6 Å². The molecule has 1 saturated heterocycles. The molecular formula is C28H29N5O2. The van der Waals surface area contributed by atoms with E-state index in [-0.39, 0.29) is 17.4 Å². The summed E-state index contributed by atoms with van der Waals surface area (Å²) in [4.78, 5) is 37.8. The third-order valence-electron chi connectivity index (χ3n) is 6.73. The van der Waals surface area contributed by atoms with Gasteiger partial charge in [0, 0.05) is 25.0 Å². The molecule has 0 spiro atoms. The molecule has 7 nitrogen and oxygen atoms in total. The Bertz CT molecular complexity index is 1430. The van der Waals surface area contributed by atoms with Gasteiger partial charge in [-0.15, -0.1) is 0 Å². The second-order valence-electron chi connectivity index (χ2n) is 9.23. The number of carbonyl (C=O) groups excluding carboxylic acids is 1. The van der Waals surface area contributed by atoms with Crippen molar-refractivity contribution in [2.45, 2.75) is 33.2 Å². The first-order valence-electron chi connectivity index (χ1n) is 12.0. The number of amides is 1. The van der Waals surface area contributed by atoms with Gasteiger partial charge in [0.25, 0.3) is 5.56 Å². The Morgan fingerprint density at radius 1 is 1.06 bits per heavy atom. The van der Waals surface area contributed by atoms with Gasteiger partial charge in [-0.3, -0.25) is 14.2 Å². The molecule has 0 radical (unpaired) electrons. The molecule has 1 aliphatic heterocycles. The zero-order valence-electron chi connectivity index (χ0n) is 20.1. The number of benzene rings is 2. The molecule has 1 fully saturated rings. The zero-order valence-corrected chi connectivity index (χ0v) is 20.1. The minimum Gasteiger partial charge on any atom is -0.351 e. The fraction of sp³-hybridized carbons (Fsp3) is 0.286. The Kier molecular flexibility index (Phi) is 6.31. The first-order chi connectivity index (χ1) is 17.0. The summed E-state index contributed by atoms with van der Waals surface area (Å²) in [5.41, 5.74) is 5.19. The van der Waals surface area contributed by atoms with Crippen LogP contribution in [-0.2, 0) is 11.3 Å². The molecule has 2 aromatic carbocycles. The monoisotopic (exact) mass is 467 g/mol.